The number of carbonyl (C=O) groups is 1. The molecule has 16 heavy (non-hydrogen) atoms. The number of benzene rings is 1. The van der Waals surface area contributed by atoms with E-state index >= 15 is 0 Å². The molecule has 4 nitrogen and oxygen atoms in total. The largest absolute Gasteiger partial charge is 0.494 e. The molecule has 3 N–H and O–H groups in total. The van der Waals surface area contributed by atoms with Gasteiger partial charge in [-0.05, 0) is 18.6 Å². The third-order valence-electron chi connectivity index (χ3n) is 1.84. The molecule has 0 atom stereocenters. The maximum Gasteiger partial charge on any atom is 0.233 e. The molecule has 90 valence electrons. The third-order valence-corrected chi connectivity index (χ3v) is 1.84. The van der Waals surface area contributed by atoms with E-state index in [1.807, 2.05) is 30.3 Å². The van der Waals surface area contributed by atoms with Crippen LogP contribution in [-0.4, -0.2) is 25.6 Å². The van der Waals surface area contributed by atoms with Gasteiger partial charge in [-0.15, -0.1) is 12.4 Å². The van der Waals surface area contributed by atoms with Crippen molar-refractivity contribution >= 4 is 18.3 Å². The van der Waals surface area contributed by atoms with Crippen LogP contribution in [0.1, 0.15) is 6.42 Å². The standard InChI is InChI=1S/C11H16N2O2.ClH/c12-9-11(14)13-7-4-8-15-10-5-2-1-3-6-10;/h1-3,5-6H,4,7-9,12H2,(H,13,14);1H. The number of ether oxygens (including phenoxy) is 1. The molecule has 1 aromatic rings. The Balaban J connectivity index is 0.00000225. The zero-order valence-electron chi connectivity index (χ0n) is 9.02. The zero-order valence-corrected chi connectivity index (χ0v) is 9.83. The monoisotopic (exact) mass is 244 g/mol. The maximum atomic E-state index is 10.8. The van der Waals surface area contributed by atoms with E-state index in [1.165, 1.54) is 0 Å². The van der Waals surface area contributed by atoms with Crippen molar-refractivity contribution in [3.05, 3.63) is 30.3 Å². The van der Waals surface area contributed by atoms with Gasteiger partial charge in [-0.3, -0.25) is 4.79 Å². The van der Waals surface area contributed by atoms with Gasteiger partial charge >= 0.3 is 0 Å². The van der Waals surface area contributed by atoms with Crippen molar-refractivity contribution in [1.82, 2.24) is 5.32 Å². The Labute approximate surface area is 102 Å². The predicted octanol–water partition coefficient (Wildman–Crippen LogP) is 0.952. The first-order valence-corrected chi connectivity index (χ1v) is 4.97. The average molecular weight is 245 g/mol. The molecule has 0 fully saturated rings. The fraction of sp³-hybridized carbons (Fsp3) is 0.364. The van der Waals surface area contributed by atoms with Crippen LogP contribution in [-0.2, 0) is 4.79 Å². The van der Waals surface area contributed by atoms with E-state index in [2.05, 4.69) is 5.32 Å². The van der Waals surface area contributed by atoms with Gasteiger partial charge in [-0.1, -0.05) is 18.2 Å². The van der Waals surface area contributed by atoms with Crippen LogP contribution in [0.2, 0.25) is 0 Å². The van der Waals surface area contributed by atoms with Crippen LogP contribution in [0.15, 0.2) is 30.3 Å². The SMILES string of the molecule is Cl.NCC(=O)NCCCOc1ccccc1. The molecule has 0 bridgehead atoms. The van der Waals surface area contributed by atoms with Gasteiger partial charge in [0.1, 0.15) is 5.75 Å². The molecule has 0 aromatic heterocycles. The summed E-state index contributed by atoms with van der Waals surface area (Å²) in [4.78, 5) is 10.8. The molecule has 0 aliphatic rings. The Bertz CT molecular complexity index is 293. The number of rotatable bonds is 6. The molecule has 0 saturated heterocycles. The molecule has 0 aliphatic heterocycles. The number of hydrogen-bond donors (Lipinski definition) is 2. The van der Waals surface area contributed by atoms with Crippen LogP contribution in [0.5, 0.6) is 5.75 Å². The van der Waals surface area contributed by atoms with Gasteiger partial charge in [0, 0.05) is 6.54 Å². The first-order chi connectivity index (χ1) is 7.33. The highest BCUT2D eigenvalue weighted by atomic mass is 35.5. The number of nitrogens with one attached hydrogen (secondary N) is 1. The minimum atomic E-state index is -0.130. The minimum Gasteiger partial charge on any atom is -0.494 e. The summed E-state index contributed by atoms with van der Waals surface area (Å²) in [5.41, 5.74) is 5.13. The summed E-state index contributed by atoms with van der Waals surface area (Å²) in [5, 5.41) is 2.67. The Hall–Kier alpha value is -1.26. The predicted molar refractivity (Wildman–Crippen MR) is 65.9 cm³/mol. The van der Waals surface area contributed by atoms with E-state index in [1.54, 1.807) is 0 Å². The van der Waals surface area contributed by atoms with Crippen molar-refractivity contribution in [2.75, 3.05) is 19.7 Å². The summed E-state index contributed by atoms with van der Waals surface area (Å²) in [6.45, 7) is 1.23. The average Bonchev–Trinajstić information content (AvgIpc) is 2.29. The van der Waals surface area contributed by atoms with Crippen molar-refractivity contribution in [3.63, 3.8) is 0 Å². The van der Waals surface area contributed by atoms with Gasteiger partial charge in [0.15, 0.2) is 0 Å². The summed E-state index contributed by atoms with van der Waals surface area (Å²) in [7, 11) is 0. The second kappa shape index (κ2) is 9.00. The molecule has 0 saturated carbocycles. The normalized spacial score (nSPS) is 9.06. The fourth-order valence-corrected chi connectivity index (χ4v) is 1.08. The number of carbonyl (C=O) groups excluding carboxylic acids is 1. The molecule has 5 heteroatoms. The lowest BCUT2D eigenvalue weighted by atomic mass is 10.3. The molecular formula is C11H17ClN2O2. The smallest absolute Gasteiger partial charge is 0.233 e. The van der Waals surface area contributed by atoms with Crippen LogP contribution in [0, 0.1) is 0 Å². The van der Waals surface area contributed by atoms with E-state index in [4.69, 9.17) is 10.5 Å². The van der Waals surface area contributed by atoms with E-state index in [9.17, 15) is 4.79 Å². The molecule has 0 unspecified atom stereocenters. The first kappa shape index (κ1) is 14.7. The Morgan fingerprint density at radius 2 is 2.00 bits per heavy atom. The van der Waals surface area contributed by atoms with E-state index in [0.717, 1.165) is 12.2 Å². The Morgan fingerprint density at radius 1 is 1.31 bits per heavy atom. The molecule has 0 spiro atoms. The number of para-hydroxylation sites is 1. The quantitative estimate of drug-likeness (QED) is 0.733. The van der Waals surface area contributed by atoms with Crippen molar-refractivity contribution in [1.29, 1.82) is 0 Å². The van der Waals surface area contributed by atoms with Crippen molar-refractivity contribution in [3.8, 4) is 5.75 Å². The molecule has 1 amide bonds. The summed E-state index contributed by atoms with van der Waals surface area (Å²) in [5.74, 6) is 0.720. The number of hydrogen-bond acceptors (Lipinski definition) is 3. The second-order valence-corrected chi connectivity index (χ2v) is 3.07. The van der Waals surface area contributed by atoms with E-state index in [0.29, 0.717) is 13.2 Å². The molecule has 1 rings (SSSR count). The lowest BCUT2D eigenvalue weighted by molar-refractivity contribution is -0.119. The number of halogens is 1. The van der Waals surface area contributed by atoms with Gasteiger partial charge in [0.2, 0.25) is 5.91 Å². The second-order valence-electron chi connectivity index (χ2n) is 3.07. The van der Waals surface area contributed by atoms with Gasteiger partial charge < -0.3 is 15.8 Å². The van der Waals surface area contributed by atoms with Crippen LogP contribution >= 0.6 is 12.4 Å². The summed E-state index contributed by atoms with van der Waals surface area (Å²) in [6.07, 6.45) is 0.778. The Kier molecular flexibility index (Phi) is 8.29. The maximum absolute atomic E-state index is 10.8. The Morgan fingerprint density at radius 3 is 2.62 bits per heavy atom. The highest BCUT2D eigenvalue weighted by Gasteiger charge is 1.95. The van der Waals surface area contributed by atoms with Crippen LogP contribution in [0.4, 0.5) is 0 Å². The van der Waals surface area contributed by atoms with E-state index in [-0.39, 0.29) is 24.9 Å². The number of nitrogens with two attached hydrogens (primary N) is 1. The summed E-state index contributed by atoms with van der Waals surface area (Å²) >= 11 is 0. The van der Waals surface area contributed by atoms with Gasteiger partial charge in [0.05, 0.1) is 13.2 Å². The van der Waals surface area contributed by atoms with Crippen LogP contribution in [0.25, 0.3) is 0 Å². The zero-order chi connectivity index (χ0) is 10.9. The minimum absolute atomic E-state index is 0. The third kappa shape index (κ3) is 6.27. The van der Waals surface area contributed by atoms with Gasteiger partial charge in [0.25, 0.3) is 0 Å². The van der Waals surface area contributed by atoms with Crippen molar-refractivity contribution < 1.29 is 9.53 Å². The fourth-order valence-electron chi connectivity index (χ4n) is 1.08. The van der Waals surface area contributed by atoms with Crippen molar-refractivity contribution in [2.45, 2.75) is 6.42 Å². The molecule has 0 heterocycles. The number of amides is 1. The lowest BCUT2D eigenvalue weighted by Crippen LogP contribution is -2.31. The van der Waals surface area contributed by atoms with Crippen LogP contribution < -0.4 is 15.8 Å². The lowest BCUT2D eigenvalue weighted by Gasteiger charge is -2.06. The molecule has 0 radical (unpaired) electrons. The summed E-state index contributed by atoms with van der Waals surface area (Å²) in [6, 6.07) is 9.59. The first-order valence-electron chi connectivity index (χ1n) is 4.97. The topological polar surface area (TPSA) is 64.4 Å². The van der Waals surface area contributed by atoms with Crippen LogP contribution in [0.3, 0.4) is 0 Å². The highest BCUT2D eigenvalue weighted by molar-refractivity contribution is 5.85. The van der Waals surface area contributed by atoms with E-state index < -0.39 is 0 Å². The van der Waals surface area contributed by atoms with Crippen molar-refractivity contribution in [2.24, 2.45) is 5.73 Å². The summed E-state index contributed by atoms with van der Waals surface area (Å²) < 4.78 is 5.44. The highest BCUT2D eigenvalue weighted by Crippen LogP contribution is 2.07. The van der Waals surface area contributed by atoms with Gasteiger partial charge in [-0.25, -0.2) is 0 Å². The van der Waals surface area contributed by atoms with Gasteiger partial charge in [-0.2, -0.15) is 0 Å². The molecular weight excluding hydrogens is 228 g/mol. The molecule has 1 aromatic carbocycles. The molecule has 0 aliphatic carbocycles.